The number of carbonyl (C=O) groups excluding carboxylic acids is 1. The third-order valence-corrected chi connectivity index (χ3v) is 6.59. The summed E-state index contributed by atoms with van der Waals surface area (Å²) < 4.78 is 32.6. The maximum absolute atomic E-state index is 13.5. The monoisotopic (exact) mass is 460 g/mol. The van der Waals surface area contributed by atoms with E-state index >= 15 is 0 Å². The zero-order valence-corrected chi connectivity index (χ0v) is 18.1. The molecule has 0 N–H and O–H groups in total. The number of rotatable bonds is 6. The van der Waals surface area contributed by atoms with Crippen molar-refractivity contribution in [3.63, 3.8) is 0 Å². The number of ether oxygens (including phenoxy) is 1. The molecule has 0 fully saturated rings. The van der Waals surface area contributed by atoms with Crippen molar-refractivity contribution in [2.45, 2.75) is 11.8 Å². The second-order valence-electron chi connectivity index (χ2n) is 6.41. The Kier molecular flexibility index (Phi) is 6.28. The zero-order chi connectivity index (χ0) is 22.8. The lowest BCUT2D eigenvalue weighted by Crippen LogP contribution is -2.37. The van der Waals surface area contributed by atoms with Crippen molar-refractivity contribution < 1.29 is 22.9 Å². The molecule has 0 unspecified atom stereocenters. The molecule has 0 saturated heterocycles. The van der Waals surface area contributed by atoms with Crippen molar-refractivity contribution in [1.82, 2.24) is 0 Å². The first kappa shape index (κ1) is 22.3. The van der Waals surface area contributed by atoms with E-state index in [-0.39, 0.29) is 32.4 Å². The summed E-state index contributed by atoms with van der Waals surface area (Å²) in [5, 5.41) is 11.4. The minimum atomic E-state index is -4.37. The molecule has 31 heavy (non-hydrogen) atoms. The second-order valence-corrected chi connectivity index (χ2v) is 8.61. The van der Waals surface area contributed by atoms with Crippen molar-refractivity contribution in [2.24, 2.45) is 0 Å². The van der Waals surface area contributed by atoms with E-state index in [2.05, 4.69) is 0 Å². The van der Waals surface area contributed by atoms with E-state index in [4.69, 9.17) is 16.3 Å². The maximum atomic E-state index is 13.5. The van der Waals surface area contributed by atoms with Crippen LogP contribution in [-0.2, 0) is 10.0 Å². The predicted molar refractivity (Wildman–Crippen MR) is 116 cm³/mol. The highest BCUT2D eigenvalue weighted by Gasteiger charge is 2.34. The number of carbonyl (C=O) groups is 1. The number of anilines is 1. The molecular weight excluding hydrogens is 444 g/mol. The summed E-state index contributed by atoms with van der Waals surface area (Å²) >= 11 is 6.17. The molecule has 0 aliphatic carbocycles. The highest BCUT2D eigenvalue weighted by Crippen LogP contribution is 2.34. The van der Waals surface area contributed by atoms with Crippen LogP contribution >= 0.6 is 11.6 Å². The predicted octanol–water partition coefficient (Wildman–Crippen LogP) is 4.60. The lowest BCUT2D eigenvalue weighted by molar-refractivity contribution is -0.385. The van der Waals surface area contributed by atoms with Crippen molar-refractivity contribution in [3.05, 3.63) is 93.0 Å². The fourth-order valence-corrected chi connectivity index (χ4v) is 4.68. The third kappa shape index (κ3) is 4.23. The topological polar surface area (TPSA) is 107 Å². The van der Waals surface area contributed by atoms with Crippen LogP contribution in [0.1, 0.15) is 15.9 Å². The van der Waals surface area contributed by atoms with Gasteiger partial charge in [0.15, 0.2) is 0 Å². The molecule has 3 aromatic rings. The van der Waals surface area contributed by atoms with E-state index in [0.29, 0.717) is 10.1 Å². The Morgan fingerprint density at radius 1 is 1.06 bits per heavy atom. The van der Waals surface area contributed by atoms with E-state index in [1.165, 1.54) is 74.7 Å². The molecule has 0 spiro atoms. The smallest absolute Gasteiger partial charge is 0.273 e. The number of nitrogens with zero attached hydrogens (tertiary/aromatic N) is 2. The van der Waals surface area contributed by atoms with Gasteiger partial charge in [0.25, 0.3) is 21.6 Å². The molecule has 1 amide bonds. The first-order chi connectivity index (χ1) is 14.7. The van der Waals surface area contributed by atoms with Crippen LogP contribution in [0.3, 0.4) is 0 Å². The molecular formula is C21H17ClN2O6S. The highest BCUT2D eigenvalue weighted by molar-refractivity contribution is 7.93. The van der Waals surface area contributed by atoms with E-state index < -0.39 is 20.9 Å². The molecule has 10 heteroatoms. The molecule has 8 nitrogen and oxygen atoms in total. The van der Waals surface area contributed by atoms with Gasteiger partial charge in [0.1, 0.15) is 5.75 Å². The Morgan fingerprint density at radius 3 is 2.32 bits per heavy atom. The van der Waals surface area contributed by atoms with Gasteiger partial charge in [-0.1, -0.05) is 35.9 Å². The van der Waals surface area contributed by atoms with Gasteiger partial charge in [-0.3, -0.25) is 14.9 Å². The molecule has 0 heterocycles. The lowest BCUT2D eigenvalue weighted by Gasteiger charge is -2.24. The molecule has 160 valence electrons. The standard InChI is InChI=1S/C21H17ClN2O6S/c1-14-17(9-6-10-19(14)24(26)27)21(25)23(15-11-12-20(30-2)18(22)13-15)31(28,29)16-7-4-3-5-8-16/h3-13H,1-2H3. The number of hydrogen-bond acceptors (Lipinski definition) is 6. The molecule has 0 radical (unpaired) electrons. The Bertz CT molecular complexity index is 1260. The summed E-state index contributed by atoms with van der Waals surface area (Å²) in [6, 6.07) is 15.4. The van der Waals surface area contributed by atoms with Crippen LogP contribution in [0.2, 0.25) is 5.02 Å². The first-order valence-electron chi connectivity index (χ1n) is 8.90. The van der Waals surface area contributed by atoms with Gasteiger partial charge in [-0.05, 0) is 43.3 Å². The van der Waals surface area contributed by atoms with Gasteiger partial charge >= 0.3 is 0 Å². The van der Waals surface area contributed by atoms with Gasteiger partial charge in [-0.25, -0.2) is 8.42 Å². The van der Waals surface area contributed by atoms with Crippen LogP contribution in [0.5, 0.6) is 5.75 Å². The second kappa shape index (κ2) is 8.75. The third-order valence-electron chi connectivity index (χ3n) is 4.57. The Morgan fingerprint density at radius 2 is 1.74 bits per heavy atom. The summed E-state index contributed by atoms with van der Waals surface area (Å²) in [6.45, 7) is 1.39. The summed E-state index contributed by atoms with van der Waals surface area (Å²) in [7, 11) is -2.97. The lowest BCUT2D eigenvalue weighted by atomic mass is 10.1. The highest BCUT2D eigenvalue weighted by atomic mass is 35.5. The molecule has 0 aliphatic heterocycles. The van der Waals surface area contributed by atoms with Gasteiger partial charge in [0, 0.05) is 11.6 Å². The molecule has 3 aromatic carbocycles. The normalized spacial score (nSPS) is 11.1. The number of benzene rings is 3. The summed E-state index contributed by atoms with van der Waals surface area (Å²) in [6.07, 6.45) is 0. The Labute approximate surface area is 183 Å². The molecule has 0 bridgehead atoms. The first-order valence-corrected chi connectivity index (χ1v) is 10.7. The SMILES string of the molecule is COc1ccc(N(C(=O)c2cccc([N+](=O)[O-])c2C)S(=O)(=O)c2ccccc2)cc1Cl. The number of halogens is 1. The van der Waals surface area contributed by atoms with E-state index in [0.717, 1.165) is 0 Å². The van der Waals surface area contributed by atoms with Crippen LogP contribution in [0.15, 0.2) is 71.6 Å². The minimum Gasteiger partial charge on any atom is -0.495 e. The number of nitro groups is 1. The van der Waals surface area contributed by atoms with Crippen molar-refractivity contribution in [1.29, 1.82) is 0 Å². The average molecular weight is 461 g/mol. The maximum Gasteiger partial charge on any atom is 0.273 e. The Hall–Kier alpha value is -3.43. The largest absolute Gasteiger partial charge is 0.495 e. The van der Waals surface area contributed by atoms with Gasteiger partial charge < -0.3 is 4.74 Å². The molecule has 0 aromatic heterocycles. The van der Waals surface area contributed by atoms with Crippen molar-refractivity contribution in [3.8, 4) is 5.75 Å². The molecule has 0 aliphatic rings. The summed E-state index contributed by atoms with van der Waals surface area (Å²) in [5.41, 5.74) is -0.410. The quantitative estimate of drug-likeness (QED) is 0.393. The van der Waals surface area contributed by atoms with E-state index in [1.54, 1.807) is 6.07 Å². The average Bonchev–Trinajstić information content (AvgIpc) is 2.74. The number of hydrogen-bond donors (Lipinski definition) is 0. The zero-order valence-electron chi connectivity index (χ0n) is 16.5. The van der Waals surface area contributed by atoms with Gasteiger partial charge in [0.05, 0.1) is 33.2 Å². The summed E-state index contributed by atoms with van der Waals surface area (Å²) in [4.78, 5) is 24.0. The molecule has 3 rings (SSSR count). The molecule has 0 saturated carbocycles. The number of nitro benzene ring substituents is 1. The fraction of sp³-hybridized carbons (Fsp3) is 0.0952. The summed E-state index contributed by atoms with van der Waals surface area (Å²) in [5.74, 6) is -0.659. The number of sulfonamides is 1. The van der Waals surface area contributed by atoms with Gasteiger partial charge in [-0.15, -0.1) is 0 Å². The minimum absolute atomic E-state index is 0.0365. The van der Waals surface area contributed by atoms with Crippen molar-refractivity contribution in [2.75, 3.05) is 11.4 Å². The van der Waals surface area contributed by atoms with Crippen LogP contribution in [0, 0.1) is 17.0 Å². The number of methoxy groups -OCH3 is 1. The van der Waals surface area contributed by atoms with Crippen molar-refractivity contribution >= 4 is 38.9 Å². The Balaban J connectivity index is 2.25. The van der Waals surface area contributed by atoms with E-state index in [9.17, 15) is 23.3 Å². The van der Waals surface area contributed by atoms with Crippen LogP contribution in [0.4, 0.5) is 11.4 Å². The van der Waals surface area contributed by atoms with E-state index in [1.807, 2.05) is 0 Å². The fourth-order valence-electron chi connectivity index (χ4n) is 3.01. The van der Waals surface area contributed by atoms with Gasteiger partial charge in [-0.2, -0.15) is 4.31 Å². The van der Waals surface area contributed by atoms with Crippen LogP contribution < -0.4 is 9.04 Å². The van der Waals surface area contributed by atoms with Gasteiger partial charge in [0.2, 0.25) is 0 Å². The molecule has 0 atom stereocenters. The van der Waals surface area contributed by atoms with Crippen LogP contribution in [-0.4, -0.2) is 26.4 Å². The van der Waals surface area contributed by atoms with Crippen LogP contribution in [0.25, 0.3) is 0 Å². The number of amides is 1.